The third kappa shape index (κ3) is 2.99. The third-order valence-corrected chi connectivity index (χ3v) is 4.07. The molecule has 25 heavy (non-hydrogen) atoms. The first-order valence-corrected chi connectivity index (χ1v) is 7.91. The van der Waals surface area contributed by atoms with Gasteiger partial charge in [0.15, 0.2) is 6.61 Å². The van der Waals surface area contributed by atoms with Crippen molar-refractivity contribution >= 4 is 28.3 Å². The summed E-state index contributed by atoms with van der Waals surface area (Å²) in [4.78, 5) is 19.5. The Balaban J connectivity index is 1.49. The van der Waals surface area contributed by atoms with Crippen molar-refractivity contribution in [3.63, 3.8) is 0 Å². The van der Waals surface area contributed by atoms with Crippen molar-refractivity contribution in [3.8, 4) is 17.5 Å². The minimum atomic E-state index is -0.202. The zero-order valence-electron chi connectivity index (χ0n) is 12.9. The number of rotatable bonds is 5. The summed E-state index contributed by atoms with van der Waals surface area (Å²) in [5.74, 6) is 0.120. The van der Waals surface area contributed by atoms with Gasteiger partial charge < -0.3 is 9.72 Å². The normalized spacial score (nSPS) is 10.9. The van der Waals surface area contributed by atoms with Gasteiger partial charge in [-0.2, -0.15) is 4.98 Å². The molecule has 0 saturated carbocycles. The molecule has 0 aliphatic rings. The second-order valence-electron chi connectivity index (χ2n) is 5.32. The van der Waals surface area contributed by atoms with E-state index in [0.717, 1.165) is 10.9 Å². The molecule has 0 aliphatic heterocycles. The minimum absolute atomic E-state index is 0.0805. The molecule has 2 aromatic heterocycles. The van der Waals surface area contributed by atoms with E-state index in [4.69, 9.17) is 20.9 Å². The summed E-state index contributed by atoms with van der Waals surface area (Å²) in [6.07, 6.45) is 1.59. The second kappa shape index (κ2) is 6.41. The van der Waals surface area contributed by atoms with E-state index >= 15 is 0 Å². The van der Waals surface area contributed by atoms with Crippen molar-refractivity contribution in [1.82, 2.24) is 15.1 Å². The number of ether oxygens (including phenoxy) is 1. The van der Waals surface area contributed by atoms with Gasteiger partial charge in [0.05, 0.1) is 5.02 Å². The number of aromatic amines is 1. The van der Waals surface area contributed by atoms with Gasteiger partial charge in [-0.05, 0) is 18.2 Å². The average Bonchev–Trinajstić information content (AvgIpc) is 3.27. The molecule has 2 heterocycles. The van der Waals surface area contributed by atoms with Gasteiger partial charge in [-0.1, -0.05) is 47.1 Å². The molecule has 0 fully saturated rings. The quantitative estimate of drug-likeness (QED) is 0.545. The van der Waals surface area contributed by atoms with E-state index in [-0.39, 0.29) is 18.5 Å². The van der Waals surface area contributed by atoms with Crippen LogP contribution in [0.2, 0.25) is 5.02 Å². The first-order chi connectivity index (χ1) is 12.2. The minimum Gasteiger partial charge on any atom is -0.440 e. The summed E-state index contributed by atoms with van der Waals surface area (Å²) in [5, 5.41) is 5.17. The smallest absolute Gasteiger partial charge is 0.418 e. The van der Waals surface area contributed by atoms with Crippen LogP contribution in [-0.2, 0) is 0 Å². The fourth-order valence-electron chi connectivity index (χ4n) is 2.53. The topological polar surface area (TPSA) is 81.0 Å². The molecule has 0 spiro atoms. The summed E-state index contributed by atoms with van der Waals surface area (Å²) in [6.45, 7) is -0.202. The van der Waals surface area contributed by atoms with E-state index in [1.807, 2.05) is 36.4 Å². The van der Waals surface area contributed by atoms with Crippen LogP contribution >= 0.6 is 11.6 Å². The number of nitrogens with zero attached hydrogens (tertiary/aromatic N) is 2. The molecule has 4 aromatic rings. The van der Waals surface area contributed by atoms with Crippen LogP contribution < -0.4 is 4.74 Å². The molecule has 124 valence electrons. The molecule has 4 rings (SSSR count). The lowest BCUT2D eigenvalue weighted by atomic mass is 10.1. The van der Waals surface area contributed by atoms with Gasteiger partial charge in [0.25, 0.3) is 0 Å². The number of hydrogen-bond acceptors (Lipinski definition) is 5. The number of nitrogens with one attached hydrogen (secondary N) is 1. The predicted octanol–water partition coefficient (Wildman–Crippen LogP) is 4.13. The van der Waals surface area contributed by atoms with Crippen LogP contribution in [-0.4, -0.2) is 27.5 Å². The van der Waals surface area contributed by atoms with E-state index in [1.165, 1.54) is 0 Å². The Morgan fingerprint density at radius 1 is 1.16 bits per heavy atom. The van der Waals surface area contributed by atoms with E-state index < -0.39 is 0 Å². The Bertz CT molecular complexity index is 1050. The number of carbonyl (C=O) groups is 1. The Kier molecular flexibility index (Phi) is 3.95. The number of Topliss-reactive ketones (excluding diaryl/α,β-unsaturated/α-hetero) is 1. The van der Waals surface area contributed by atoms with Crippen molar-refractivity contribution in [3.05, 3.63) is 65.3 Å². The van der Waals surface area contributed by atoms with Crippen molar-refractivity contribution in [1.29, 1.82) is 0 Å². The van der Waals surface area contributed by atoms with Gasteiger partial charge in [-0.3, -0.25) is 9.32 Å². The van der Waals surface area contributed by atoms with Gasteiger partial charge >= 0.3 is 6.08 Å². The number of ketones is 1. The average molecular weight is 354 g/mol. The maximum atomic E-state index is 12.4. The van der Waals surface area contributed by atoms with Gasteiger partial charge in [-0.15, -0.1) is 0 Å². The molecule has 0 amide bonds. The lowest BCUT2D eigenvalue weighted by Gasteiger charge is -1.99. The summed E-state index contributed by atoms with van der Waals surface area (Å²) in [5.41, 5.74) is 2.08. The lowest BCUT2D eigenvalue weighted by Crippen LogP contribution is -2.11. The maximum absolute atomic E-state index is 12.4. The summed E-state index contributed by atoms with van der Waals surface area (Å²) in [6, 6.07) is 14.7. The lowest BCUT2D eigenvalue weighted by molar-refractivity contribution is 0.0886. The number of hydrogen-bond donors (Lipinski definition) is 1. The molecule has 2 aromatic carbocycles. The molecule has 6 nitrogen and oxygen atoms in total. The maximum Gasteiger partial charge on any atom is 0.418 e. The molecule has 0 aliphatic carbocycles. The van der Waals surface area contributed by atoms with E-state index in [1.54, 1.807) is 18.3 Å². The summed E-state index contributed by atoms with van der Waals surface area (Å²) in [7, 11) is 0. The second-order valence-corrected chi connectivity index (χ2v) is 5.73. The van der Waals surface area contributed by atoms with Crippen LogP contribution in [0, 0.1) is 0 Å². The van der Waals surface area contributed by atoms with Gasteiger partial charge in [0.1, 0.15) is 0 Å². The van der Waals surface area contributed by atoms with Crippen LogP contribution in [0.15, 0.2) is 59.3 Å². The highest BCUT2D eigenvalue weighted by Gasteiger charge is 2.16. The molecule has 0 atom stereocenters. The molecule has 0 saturated heterocycles. The van der Waals surface area contributed by atoms with Crippen LogP contribution in [0.3, 0.4) is 0 Å². The van der Waals surface area contributed by atoms with Crippen molar-refractivity contribution < 1.29 is 14.1 Å². The number of aromatic nitrogens is 3. The molecule has 7 heteroatoms. The highest BCUT2D eigenvalue weighted by Crippen LogP contribution is 2.26. The number of fused-ring (bicyclic) bond motifs is 1. The van der Waals surface area contributed by atoms with Crippen LogP contribution in [0.5, 0.6) is 6.08 Å². The zero-order valence-corrected chi connectivity index (χ0v) is 13.7. The molecular weight excluding hydrogens is 342 g/mol. The standard InChI is InChI=1S/C18H12ClN3O3/c19-14-7-3-1-6-12(14)17-21-18(25-22-17)24-10-16(23)13-9-20-15-8-4-2-5-11(13)15/h1-9,20H,10H2. The highest BCUT2D eigenvalue weighted by molar-refractivity contribution is 6.33. The van der Waals surface area contributed by atoms with Gasteiger partial charge in [0, 0.05) is 28.2 Å². The Labute approximate surface area is 147 Å². The number of carbonyl (C=O) groups excluding carboxylic acids is 1. The predicted molar refractivity (Wildman–Crippen MR) is 92.9 cm³/mol. The van der Waals surface area contributed by atoms with Gasteiger partial charge in [0.2, 0.25) is 11.6 Å². The first kappa shape index (κ1) is 15.4. The molecule has 1 N–H and O–H groups in total. The fraction of sp³-hybridized carbons (Fsp3) is 0.0556. The Morgan fingerprint density at radius 3 is 2.84 bits per heavy atom. The van der Waals surface area contributed by atoms with Gasteiger partial charge in [-0.25, -0.2) is 0 Å². The fourth-order valence-corrected chi connectivity index (χ4v) is 2.75. The van der Waals surface area contributed by atoms with Crippen LogP contribution in [0.1, 0.15) is 10.4 Å². The van der Waals surface area contributed by atoms with Crippen LogP contribution in [0.25, 0.3) is 22.3 Å². The first-order valence-electron chi connectivity index (χ1n) is 7.53. The van der Waals surface area contributed by atoms with E-state index in [0.29, 0.717) is 22.0 Å². The monoisotopic (exact) mass is 353 g/mol. The number of benzene rings is 2. The molecule has 0 radical (unpaired) electrons. The molecular formula is C18H12ClN3O3. The SMILES string of the molecule is O=C(COc1nc(-c2ccccc2Cl)no1)c1c[nH]c2ccccc12. The van der Waals surface area contributed by atoms with Crippen molar-refractivity contribution in [2.75, 3.05) is 6.61 Å². The number of H-pyrrole nitrogens is 1. The zero-order chi connectivity index (χ0) is 17.2. The van der Waals surface area contributed by atoms with Crippen molar-refractivity contribution in [2.45, 2.75) is 0 Å². The molecule has 0 bridgehead atoms. The van der Waals surface area contributed by atoms with Crippen LogP contribution in [0.4, 0.5) is 0 Å². The van der Waals surface area contributed by atoms with E-state index in [9.17, 15) is 4.79 Å². The Hall–Kier alpha value is -3.12. The third-order valence-electron chi connectivity index (χ3n) is 3.74. The number of para-hydroxylation sites is 1. The largest absolute Gasteiger partial charge is 0.440 e. The summed E-state index contributed by atoms with van der Waals surface area (Å²) >= 11 is 6.10. The number of halogens is 1. The highest BCUT2D eigenvalue weighted by atomic mass is 35.5. The van der Waals surface area contributed by atoms with E-state index in [2.05, 4.69) is 15.1 Å². The summed E-state index contributed by atoms with van der Waals surface area (Å²) < 4.78 is 10.4. The Morgan fingerprint density at radius 2 is 1.96 bits per heavy atom. The molecule has 0 unspecified atom stereocenters. The van der Waals surface area contributed by atoms with Crippen molar-refractivity contribution in [2.24, 2.45) is 0 Å².